The fraction of sp³-hybridized carbons (Fsp3) is 0.500. The van der Waals surface area contributed by atoms with Crippen molar-refractivity contribution < 1.29 is 9.50 Å². The predicted octanol–water partition coefficient (Wildman–Crippen LogP) is 1.36. The second-order valence-corrected chi connectivity index (χ2v) is 4.44. The number of anilines is 1. The summed E-state index contributed by atoms with van der Waals surface area (Å²) in [5, 5.41) is 9.01. The van der Waals surface area contributed by atoms with Crippen molar-refractivity contribution in [3.63, 3.8) is 0 Å². The number of nitrogens with zero attached hydrogens (tertiary/aromatic N) is 1. The van der Waals surface area contributed by atoms with Crippen molar-refractivity contribution in [1.29, 1.82) is 0 Å². The van der Waals surface area contributed by atoms with E-state index in [1.54, 1.807) is 30.0 Å². The number of hydrogen-bond acceptors (Lipinski definition) is 3. The molecule has 0 heterocycles. The van der Waals surface area contributed by atoms with Crippen molar-refractivity contribution in [3.05, 3.63) is 30.1 Å². The molecule has 1 aromatic rings. The highest BCUT2D eigenvalue weighted by Gasteiger charge is 2.18. The van der Waals surface area contributed by atoms with Crippen LogP contribution in [0.4, 0.5) is 10.1 Å². The van der Waals surface area contributed by atoms with E-state index in [1.807, 2.05) is 7.05 Å². The van der Waals surface area contributed by atoms with E-state index >= 15 is 0 Å². The lowest BCUT2D eigenvalue weighted by atomic mass is 10.0. The molecule has 1 aromatic carbocycles. The Hall–Kier alpha value is -1.13. The van der Waals surface area contributed by atoms with Gasteiger partial charge < -0.3 is 15.7 Å². The lowest BCUT2D eigenvalue weighted by molar-refractivity contribution is 0.202. The number of aliphatic hydroxyl groups excluding tert-OH is 1. The highest BCUT2D eigenvalue weighted by molar-refractivity contribution is 5.46. The third kappa shape index (κ3) is 3.47. The van der Waals surface area contributed by atoms with E-state index in [9.17, 15) is 4.39 Å². The van der Waals surface area contributed by atoms with E-state index in [4.69, 9.17) is 10.8 Å². The smallest absolute Gasteiger partial charge is 0.146 e. The van der Waals surface area contributed by atoms with Gasteiger partial charge in [0.25, 0.3) is 0 Å². The molecule has 0 aromatic heterocycles. The molecule has 3 N–H and O–H groups in total. The van der Waals surface area contributed by atoms with Crippen LogP contribution in [-0.4, -0.2) is 30.8 Å². The summed E-state index contributed by atoms with van der Waals surface area (Å²) in [5.41, 5.74) is 5.75. The maximum absolute atomic E-state index is 13.4. The Morgan fingerprint density at radius 1 is 1.44 bits per heavy atom. The highest BCUT2D eigenvalue weighted by atomic mass is 19.1. The van der Waals surface area contributed by atoms with Crippen LogP contribution in [0.25, 0.3) is 0 Å². The van der Waals surface area contributed by atoms with Gasteiger partial charge in [-0.2, -0.15) is 0 Å². The summed E-state index contributed by atoms with van der Waals surface area (Å²) in [4.78, 5) is 1.80. The Balaban J connectivity index is 2.60. The summed E-state index contributed by atoms with van der Waals surface area (Å²) in [6.45, 7) is 2.31. The third-order valence-electron chi connectivity index (χ3n) is 2.64. The maximum atomic E-state index is 13.4. The molecular formula is C12H19FN2O. The van der Waals surface area contributed by atoms with E-state index in [0.29, 0.717) is 18.7 Å². The molecule has 0 aliphatic carbocycles. The van der Waals surface area contributed by atoms with Gasteiger partial charge in [0.1, 0.15) is 5.82 Å². The van der Waals surface area contributed by atoms with Crippen molar-refractivity contribution in [2.75, 3.05) is 25.1 Å². The molecule has 0 spiro atoms. The second kappa shape index (κ2) is 5.27. The van der Waals surface area contributed by atoms with Gasteiger partial charge in [-0.05, 0) is 25.5 Å². The first-order chi connectivity index (χ1) is 7.46. The Bertz CT molecular complexity index is 342. The molecule has 0 amide bonds. The summed E-state index contributed by atoms with van der Waals surface area (Å²) >= 11 is 0. The summed E-state index contributed by atoms with van der Waals surface area (Å²) in [7, 11) is 1.81. The minimum Gasteiger partial charge on any atom is -0.394 e. The van der Waals surface area contributed by atoms with Crippen molar-refractivity contribution in [3.8, 4) is 0 Å². The second-order valence-electron chi connectivity index (χ2n) is 4.44. The number of rotatable bonds is 5. The Morgan fingerprint density at radius 2 is 2.06 bits per heavy atom. The first-order valence-electron chi connectivity index (χ1n) is 5.32. The van der Waals surface area contributed by atoms with Gasteiger partial charge >= 0.3 is 0 Å². The molecule has 1 rings (SSSR count). The number of para-hydroxylation sites is 1. The van der Waals surface area contributed by atoms with E-state index < -0.39 is 5.54 Å². The molecule has 4 heteroatoms. The zero-order valence-corrected chi connectivity index (χ0v) is 9.78. The molecule has 16 heavy (non-hydrogen) atoms. The Labute approximate surface area is 95.7 Å². The molecule has 1 atom stereocenters. The summed E-state index contributed by atoms with van der Waals surface area (Å²) < 4.78 is 13.4. The van der Waals surface area contributed by atoms with Gasteiger partial charge in [-0.3, -0.25) is 0 Å². The standard InChI is InChI=1S/C12H19FN2O/c1-12(14,9-16)7-8-15(2)11-6-4-3-5-10(11)13/h3-6,16H,7-9,14H2,1-2H3. The topological polar surface area (TPSA) is 49.5 Å². The Kier molecular flexibility index (Phi) is 4.26. The van der Waals surface area contributed by atoms with Crippen LogP contribution in [0.2, 0.25) is 0 Å². The molecule has 0 saturated heterocycles. The monoisotopic (exact) mass is 226 g/mol. The zero-order valence-electron chi connectivity index (χ0n) is 9.78. The SMILES string of the molecule is CN(CCC(C)(N)CO)c1ccccc1F. The highest BCUT2D eigenvalue weighted by Crippen LogP contribution is 2.18. The molecule has 0 fully saturated rings. The first kappa shape index (κ1) is 12.9. The van der Waals surface area contributed by atoms with Gasteiger partial charge in [-0.15, -0.1) is 0 Å². The quantitative estimate of drug-likeness (QED) is 0.797. The van der Waals surface area contributed by atoms with E-state index in [1.165, 1.54) is 6.07 Å². The molecule has 0 bridgehead atoms. The van der Waals surface area contributed by atoms with Crippen LogP contribution < -0.4 is 10.6 Å². The zero-order chi connectivity index (χ0) is 12.2. The minimum atomic E-state index is -0.612. The van der Waals surface area contributed by atoms with E-state index in [2.05, 4.69) is 0 Å². The van der Waals surface area contributed by atoms with E-state index in [-0.39, 0.29) is 12.4 Å². The number of nitrogens with two attached hydrogens (primary N) is 1. The molecule has 90 valence electrons. The normalized spacial score (nSPS) is 14.6. The van der Waals surface area contributed by atoms with Crippen molar-refractivity contribution in [2.24, 2.45) is 5.73 Å². The molecule has 0 aliphatic heterocycles. The van der Waals surface area contributed by atoms with Crippen LogP contribution in [0.1, 0.15) is 13.3 Å². The molecular weight excluding hydrogens is 207 g/mol. The third-order valence-corrected chi connectivity index (χ3v) is 2.64. The molecule has 0 saturated carbocycles. The number of hydrogen-bond donors (Lipinski definition) is 2. The maximum Gasteiger partial charge on any atom is 0.146 e. The number of aliphatic hydroxyl groups is 1. The summed E-state index contributed by atoms with van der Waals surface area (Å²) in [5.74, 6) is -0.243. The molecule has 0 radical (unpaired) electrons. The fourth-order valence-corrected chi connectivity index (χ4v) is 1.38. The summed E-state index contributed by atoms with van der Waals surface area (Å²) in [6, 6.07) is 6.61. The van der Waals surface area contributed by atoms with Gasteiger partial charge in [-0.25, -0.2) is 4.39 Å². The van der Waals surface area contributed by atoms with Gasteiger partial charge in [0, 0.05) is 19.1 Å². The number of halogens is 1. The van der Waals surface area contributed by atoms with Crippen LogP contribution in [0.15, 0.2) is 24.3 Å². The molecule has 1 unspecified atom stereocenters. The largest absolute Gasteiger partial charge is 0.394 e. The van der Waals surface area contributed by atoms with Crippen LogP contribution in [0, 0.1) is 5.82 Å². The Morgan fingerprint density at radius 3 is 2.62 bits per heavy atom. The molecule has 3 nitrogen and oxygen atoms in total. The van der Waals surface area contributed by atoms with Crippen molar-refractivity contribution in [2.45, 2.75) is 18.9 Å². The van der Waals surface area contributed by atoms with E-state index in [0.717, 1.165) is 0 Å². The van der Waals surface area contributed by atoms with Crippen LogP contribution in [0.3, 0.4) is 0 Å². The van der Waals surface area contributed by atoms with Gasteiger partial charge in [0.2, 0.25) is 0 Å². The number of benzene rings is 1. The fourth-order valence-electron chi connectivity index (χ4n) is 1.38. The lowest BCUT2D eigenvalue weighted by Gasteiger charge is -2.26. The summed E-state index contributed by atoms with van der Waals surface area (Å²) in [6.07, 6.45) is 0.605. The average Bonchev–Trinajstić information content (AvgIpc) is 2.27. The van der Waals surface area contributed by atoms with Gasteiger partial charge in [-0.1, -0.05) is 12.1 Å². The van der Waals surface area contributed by atoms with Gasteiger partial charge in [0.05, 0.1) is 12.3 Å². The van der Waals surface area contributed by atoms with Crippen LogP contribution in [0.5, 0.6) is 0 Å². The first-order valence-corrected chi connectivity index (χ1v) is 5.32. The minimum absolute atomic E-state index is 0.0713. The van der Waals surface area contributed by atoms with Crippen molar-refractivity contribution in [1.82, 2.24) is 0 Å². The molecule has 0 aliphatic rings. The van der Waals surface area contributed by atoms with Gasteiger partial charge in [0.15, 0.2) is 0 Å². The van der Waals surface area contributed by atoms with Crippen LogP contribution in [-0.2, 0) is 0 Å². The lowest BCUT2D eigenvalue weighted by Crippen LogP contribution is -2.43. The average molecular weight is 226 g/mol. The predicted molar refractivity (Wildman–Crippen MR) is 64.0 cm³/mol. The van der Waals surface area contributed by atoms with Crippen LogP contribution >= 0.6 is 0 Å². The van der Waals surface area contributed by atoms with Crippen molar-refractivity contribution >= 4 is 5.69 Å².